The second-order valence-electron chi connectivity index (χ2n) is 5.77. The smallest absolute Gasteiger partial charge is 0.188 e. The van der Waals surface area contributed by atoms with E-state index in [1.165, 1.54) is 0 Å². The van der Waals surface area contributed by atoms with E-state index in [0.29, 0.717) is 5.92 Å². The Morgan fingerprint density at radius 2 is 2.17 bits per heavy atom. The first kappa shape index (κ1) is 15.0. The van der Waals surface area contributed by atoms with Crippen LogP contribution in [-0.2, 0) is 0 Å². The number of thiazole rings is 1. The van der Waals surface area contributed by atoms with Crippen LogP contribution in [0.4, 0.5) is 16.8 Å². The van der Waals surface area contributed by atoms with Crippen molar-refractivity contribution in [1.29, 1.82) is 0 Å². The molecule has 1 aliphatic heterocycles. The minimum atomic E-state index is 0.427. The van der Waals surface area contributed by atoms with Gasteiger partial charge in [0, 0.05) is 43.0 Å². The number of piperidine rings is 1. The first-order chi connectivity index (χ1) is 11.9. The van der Waals surface area contributed by atoms with Crippen molar-refractivity contribution in [2.24, 2.45) is 0 Å². The molecule has 122 valence electrons. The summed E-state index contributed by atoms with van der Waals surface area (Å²) in [5, 5.41) is 6.30. The van der Waals surface area contributed by atoms with Gasteiger partial charge < -0.3 is 10.2 Å². The van der Waals surface area contributed by atoms with Gasteiger partial charge in [-0.1, -0.05) is 6.07 Å². The lowest BCUT2D eigenvalue weighted by atomic mass is 9.95. The van der Waals surface area contributed by atoms with Crippen molar-refractivity contribution in [3.8, 4) is 0 Å². The molecule has 0 radical (unpaired) electrons. The maximum atomic E-state index is 4.76. The lowest BCUT2D eigenvalue weighted by molar-refractivity contribution is 0.500. The highest BCUT2D eigenvalue weighted by atomic mass is 32.1. The monoisotopic (exact) mass is 338 g/mol. The lowest BCUT2D eigenvalue weighted by Crippen LogP contribution is -2.35. The fourth-order valence-corrected chi connectivity index (χ4v) is 3.76. The normalized spacial score (nSPS) is 17.7. The fraction of sp³-hybridized carbons (Fsp3) is 0.294. The fourth-order valence-electron chi connectivity index (χ4n) is 2.96. The predicted molar refractivity (Wildman–Crippen MR) is 95.9 cm³/mol. The Labute approximate surface area is 144 Å². The molecule has 6 nitrogen and oxygen atoms in total. The molecule has 1 aliphatic rings. The van der Waals surface area contributed by atoms with Crippen molar-refractivity contribution >= 4 is 28.1 Å². The van der Waals surface area contributed by atoms with E-state index >= 15 is 0 Å². The van der Waals surface area contributed by atoms with Gasteiger partial charge in [0.05, 0.1) is 11.9 Å². The standard InChI is InChI=1S/C17H18N6S/c1-2-6-19-15(5-1)22-17-21-14(12-24-17)13-4-3-9-23(11-13)16-10-18-7-8-20-16/h1-2,5-8,10,12-13H,3-4,9,11H2,(H,19,21,22). The molecule has 4 heterocycles. The molecule has 1 unspecified atom stereocenters. The van der Waals surface area contributed by atoms with Crippen LogP contribution in [0.1, 0.15) is 24.5 Å². The molecule has 0 aromatic carbocycles. The Balaban J connectivity index is 1.46. The van der Waals surface area contributed by atoms with Crippen LogP contribution in [0.2, 0.25) is 0 Å². The summed E-state index contributed by atoms with van der Waals surface area (Å²) >= 11 is 1.63. The number of nitrogens with one attached hydrogen (secondary N) is 1. The highest BCUT2D eigenvalue weighted by Gasteiger charge is 2.24. The van der Waals surface area contributed by atoms with Gasteiger partial charge in [-0.3, -0.25) is 4.98 Å². The molecule has 7 heteroatoms. The summed E-state index contributed by atoms with van der Waals surface area (Å²) < 4.78 is 0. The maximum Gasteiger partial charge on any atom is 0.188 e. The van der Waals surface area contributed by atoms with Crippen LogP contribution in [0.25, 0.3) is 0 Å². The molecular weight excluding hydrogens is 320 g/mol. The molecule has 1 N–H and O–H groups in total. The van der Waals surface area contributed by atoms with Gasteiger partial charge in [0.25, 0.3) is 0 Å². The maximum absolute atomic E-state index is 4.76. The lowest BCUT2D eigenvalue weighted by Gasteiger charge is -2.32. The van der Waals surface area contributed by atoms with E-state index in [-0.39, 0.29) is 0 Å². The first-order valence-electron chi connectivity index (χ1n) is 8.03. The minimum Gasteiger partial charge on any atom is -0.355 e. The number of anilines is 3. The molecule has 3 aromatic heterocycles. The van der Waals surface area contributed by atoms with Crippen molar-refractivity contribution < 1.29 is 0 Å². The van der Waals surface area contributed by atoms with Crippen LogP contribution in [0, 0.1) is 0 Å². The Morgan fingerprint density at radius 3 is 3.00 bits per heavy atom. The van der Waals surface area contributed by atoms with Crippen molar-refractivity contribution in [2.45, 2.75) is 18.8 Å². The van der Waals surface area contributed by atoms with E-state index in [2.05, 4.69) is 30.5 Å². The minimum absolute atomic E-state index is 0.427. The van der Waals surface area contributed by atoms with Crippen LogP contribution in [0.15, 0.2) is 48.4 Å². The van der Waals surface area contributed by atoms with Gasteiger partial charge in [0.2, 0.25) is 0 Å². The summed E-state index contributed by atoms with van der Waals surface area (Å²) in [6.07, 6.45) is 9.36. The predicted octanol–water partition coefficient (Wildman–Crippen LogP) is 3.46. The molecule has 0 bridgehead atoms. The van der Waals surface area contributed by atoms with Crippen LogP contribution in [-0.4, -0.2) is 33.0 Å². The van der Waals surface area contributed by atoms with Crippen LogP contribution in [0.3, 0.4) is 0 Å². The van der Waals surface area contributed by atoms with Gasteiger partial charge in [0.1, 0.15) is 11.6 Å². The zero-order valence-corrected chi connectivity index (χ0v) is 14.0. The third-order valence-electron chi connectivity index (χ3n) is 4.14. The van der Waals surface area contributed by atoms with E-state index in [4.69, 9.17) is 4.98 Å². The SMILES string of the molecule is c1ccc(Nc2nc(C3CCCN(c4cnccn4)C3)cs2)nc1. The highest BCUT2D eigenvalue weighted by molar-refractivity contribution is 7.13. The van der Waals surface area contributed by atoms with E-state index in [1.54, 1.807) is 29.9 Å². The molecule has 0 saturated carbocycles. The van der Waals surface area contributed by atoms with Gasteiger partial charge in [-0.15, -0.1) is 11.3 Å². The summed E-state index contributed by atoms with van der Waals surface area (Å²) in [7, 11) is 0. The number of rotatable bonds is 4. The number of hydrogen-bond donors (Lipinski definition) is 1. The van der Waals surface area contributed by atoms with Crippen LogP contribution < -0.4 is 10.2 Å². The molecule has 1 saturated heterocycles. The number of pyridine rings is 1. The van der Waals surface area contributed by atoms with Crippen LogP contribution >= 0.6 is 11.3 Å². The third kappa shape index (κ3) is 3.35. The average Bonchev–Trinajstić information content (AvgIpc) is 3.12. The molecule has 24 heavy (non-hydrogen) atoms. The van der Waals surface area contributed by atoms with Crippen molar-refractivity contribution in [2.75, 3.05) is 23.3 Å². The van der Waals surface area contributed by atoms with E-state index in [9.17, 15) is 0 Å². The summed E-state index contributed by atoms with van der Waals surface area (Å²) in [6, 6.07) is 5.81. The molecule has 0 aliphatic carbocycles. The van der Waals surface area contributed by atoms with Gasteiger partial charge in [0.15, 0.2) is 5.13 Å². The molecule has 3 aromatic rings. The number of hydrogen-bond acceptors (Lipinski definition) is 7. The molecule has 0 amide bonds. The number of aromatic nitrogens is 4. The molecule has 1 fully saturated rings. The molecule has 0 spiro atoms. The van der Waals surface area contributed by atoms with E-state index in [1.807, 2.05) is 24.4 Å². The Hall–Kier alpha value is -2.54. The zero-order valence-electron chi connectivity index (χ0n) is 13.2. The molecule has 4 rings (SSSR count). The third-order valence-corrected chi connectivity index (χ3v) is 4.91. The Bertz CT molecular complexity index is 776. The quantitative estimate of drug-likeness (QED) is 0.786. The second-order valence-corrected chi connectivity index (χ2v) is 6.62. The van der Waals surface area contributed by atoms with Crippen LogP contribution in [0.5, 0.6) is 0 Å². The van der Waals surface area contributed by atoms with E-state index < -0.39 is 0 Å². The summed E-state index contributed by atoms with van der Waals surface area (Å²) in [6.45, 7) is 1.96. The molecule has 1 atom stereocenters. The van der Waals surface area contributed by atoms with Crippen molar-refractivity contribution in [3.05, 3.63) is 54.1 Å². The zero-order chi connectivity index (χ0) is 16.2. The van der Waals surface area contributed by atoms with Crippen molar-refractivity contribution in [3.63, 3.8) is 0 Å². The van der Waals surface area contributed by atoms with Gasteiger partial charge >= 0.3 is 0 Å². The van der Waals surface area contributed by atoms with Gasteiger partial charge in [-0.25, -0.2) is 15.0 Å². The second kappa shape index (κ2) is 6.92. The van der Waals surface area contributed by atoms with Gasteiger partial charge in [-0.2, -0.15) is 0 Å². The summed E-state index contributed by atoms with van der Waals surface area (Å²) in [5.41, 5.74) is 1.15. The largest absolute Gasteiger partial charge is 0.355 e. The first-order valence-corrected chi connectivity index (χ1v) is 8.91. The van der Waals surface area contributed by atoms with Crippen molar-refractivity contribution in [1.82, 2.24) is 19.9 Å². The topological polar surface area (TPSA) is 66.8 Å². The Morgan fingerprint density at radius 1 is 1.17 bits per heavy atom. The summed E-state index contributed by atoms with van der Waals surface area (Å²) in [5.74, 6) is 2.20. The Kier molecular flexibility index (Phi) is 4.33. The molecular formula is C17H18N6S. The highest BCUT2D eigenvalue weighted by Crippen LogP contribution is 2.31. The number of nitrogens with zero attached hydrogens (tertiary/aromatic N) is 5. The summed E-state index contributed by atoms with van der Waals surface area (Å²) in [4.78, 5) is 19.9. The van der Waals surface area contributed by atoms with E-state index in [0.717, 1.165) is 48.4 Å². The van der Waals surface area contributed by atoms with Gasteiger partial charge in [-0.05, 0) is 25.0 Å². The average molecular weight is 338 g/mol.